The first kappa shape index (κ1) is 20.2. The fraction of sp³-hybridized carbons (Fsp3) is 0.278. The normalized spacial score (nSPS) is 21.1. The van der Waals surface area contributed by atoms with E-state index < -0.39 is 41.8 Å². The van der Waals surface area contributed by atoms with Crippen molar-refractivity contribution in [2.24, 2.45) is 10.7 Å². The average molecular weight is 459 g/mol. The summed E-state index contributed by atoms with van der Waals surface area (Å²) >= 11 is 3.19. The first-order valence-electron chi connectivity index (χ1n) is 8.19. The van der Waals surface area contributed by atoms with Gasteiger partial charge in [0, 0.05) is 34.8 Å². The largest absolute Gasteiger partial charge is 0.387 e. The Morgan fingerprint density at radius 3 is 2.68 bits per heavy atom. The molecule has 148 valence electrons. The molecular weight excluding hydrogens is 444 g/mol. The van der Waals surface area contributed by atoms with Crippen molar-refractivity contribution >= 4 is 33.4 Å². The van der Waals surface area contributed by atoms with Gasteiger partial charge in [-0.2, -0.15) is 0 Å². The van der Waals surface area contributed by atoms with Crippen molar-refractivity contribution in [3.8, 4) is 0 Å². The number of pyridine rings is 1. The number of nitrogens with one attached hydrogen (secondary N) is 1. The minimum atomic E-state index is -3.65. The van der Waals surface area contributed by atoms with Gasteiger partial charge >= 0.3 is 0 Å². The maximum absolute atomic E-state index is 14.6. The third-order valence-corrected chi connectivity index (χ3v) is 4.93. The summed E-state index contributed by atoms with van der Waals surface area (Å²) < 4.78 is 58.1. The number of hydrogen-bond acceptors (Lipinski definition) is 4. The Labute approximate surface area is 166 Å². The molecule has 1 aliphatic rings. The molecule has 1 amide bonds. The van der Waals surface area contributed by atoms with Crippen LogP contribution in [0.2, 0.25) is 0 Å². The number of rotatable bonds is 4. The molecule has 0 aliphatic carbocycles. The molecule has 0 fully saturated rings. The molecule has 0 saturated heterocycles. The lowest BCUT2D eigenvalue weighted by Gasteiger charge is -2.39. The first-order chi connectivity index (χ1) is 13.2. The van der Waals surface area contributed by atoms with E-state index in [1.807, 2.05) is 0 Å². The summed E-state index contributed by atoms with van der Waals surface area (Å²) in [4.78, 5) is 19.8. The van der Waals surface area contributed by atoms with Gasteiger partial charge in [-0.25, -0.2) is 22.5 Å². The Hall–Kier alpha value is -2.49. The van der Waals surface area contributed by atoms with Crippen LogP contribution in [0.1, 0.15) is 28.9 Å². The van der Waals surface area contributed by atoms with E-state index in [2.05, 4.69) is 31.2 Å². The van der Waals surface area contributed by atoms with E-state index >= 15 is 0 Å². The van der Waals surface area contributed by atoms with E-state index in [4.69, 9.17) is 5.73 Å². The van der Waals surface area contributed by atoms with Crippen LogP contribution < -0.4 is 11.1 Å². The van der Waals surface area contributed by atoms with Gasteiger partial charge in [0.2, 0.25) is 0 Å². The second-order valence-corrected chi connectivity index (χ2v) is 7.23. The van der Waals surface area contributed by atoms with E-state index in [-0.39, 0.29) is 23.6 Å². The summed E-state index contributed by atoms with van der Waals surface area (Å²) in [6.07, 6.45) is 0.427. The van der Waals surface area contributed by atoms with Gasteiger partial charge in [-0.15, -0.1) is 0 Å². The van der Waals surface area contributed by atoms with Crippen LogP contribution in [0.5, 0.6) is 0 Å². The predicted molar refractivity (Wildman–Crippen MR) is 99.7 cm³/mol. The van der Waals surface area contributed by atoms with E-state index in [1.165, 1.54) is 18.3 Å². The number of anilines is 1. The Balaban J connectivity index is 2.00. The molecule has 0 radical (unpaired) electrons. The molecule has 0 saturated carbocycles. The van der Waals surface area contributed by atoms with Crippen LogP contribution in [0.15, 0.2) is 46.0 Å². The van der Waals surface area contributed by atoms with Crippen LogP contribution in [0.3, 0.4) is 0 Å². The van der Waals surface area contributed by atoms with Gasteiger partial charge in [-0.1, -0.05) is 0 Å². The van der Waals surface area contributed by atoms with Gasteiger partial charge in [-0.3, -0.25) is 9.79 Å². The molecule has 1 unspecified atom stereocenters. The molecule has 3 N–H and O–H groups in total. The monoisotopic (exact) mass is 458 g/mol. The second-order valence-electron chi connectivity index (χ2n) is 6.31. The molecule has 3 rings (SSSR count). The quantitative estimate of drug-likeness (QED) is 0.674. The van der Waals surface area contributed by atoms with Crippen molar-refractivity contribution in [2.75, 3.05) is 12.0 Å². The zero-order valence-corrected chi connectivity index (χ0v) is 15.9. The molecular formula is C18H15BrF4N4O. The van der Waals surface area contributed by atoms with Crippen molar-refractivity contribution in [1.82, 2.24) is 4.98 Å². The lowest BCUT2D eigenvalue weighted by molar-refractivity contribution is -0.0959. The second kappa shape index (κ2) is 7.50. The fourth-order valence-corrected chi connectivity index (χ4v) is 3.19. The zero-order chi connectivity index (χ0) is 20.5. The number of carbonyl (C=O) groups excluding carboxylic acids is 1. The molecule has 2 aromatic rings. The van der Waals surface area contributed by atoms with Crippen molar-refractivity contribution in [2.45, 2.75) is 24.3 Å². The highest BCUT2D eigenvalue weighted by molar-refractivity contribution is 9.10. The Morgan fingerprint density at radius 1 is 1.29 bits per heavy atom. The van der Waals surface area contributed by atoms with Gasteiger partial charge < -0.3 is 11.1 Å². The van der Waals surface area contributed by atoms with Crippen LogP contribution >= 0.6 is 15.9 Å². The molecule has 0 spiro atoms. The van der Waals surface area contributed by atoms with Crippen LogP contribution in [-0.2, 0) is 5.54 Å². The molecule has 1 aromatic carbocycles. The molecule has 0 bridgehead atoms. The maximum atomic E-state index is 14.6. The van der Waals surface area contributed by atoms with Crippen molar-refractivity contribution in [3.05, 3.63) is 58.1 Å². The van der Waals surface area contributed by atoms with E-state index in [0.29, 0.717) is 4.47 Å². The van der Waals surface area contributed by atoms with Gasteiger partial charge in [-0.05, 0) is 46.3 Å². The smallest absolute Gasteiger partial charge is 0.280 e. The van der Waals surface area contributed by atoms with Gasteiger partial charge in [0.05, 0.1) is 5.84 Å². The highest BCUT2D eigenvalue weighted by Crippen LogP contribution is 2.48. The number of nitrogens with zero attached hydrogens (tertiary/aromatic N) is 2. The van der Waals surface area contributed by atoms with Crippen LogP contribution in [0, 0.1) is 5.82 Å². The molecule has 1 atom stereocenters. The molecule has 1 aliphatic heterocycles. The van der Waals surface area contributed by atoms with Gasteiger partial charge in [0.15, 0.2) is 5.54 Å². The number of hydrogen-bond donors (Lipinski definition) is 2. The van der Waals surface area contributed by atoms with Crippen molar-refractivity contribution in [1.29, 1.82) is 0 Å². The average Bonchev–Trinajstić information content (AvgIpc) is 2.66. The van der Waals surface area contributed by atoms with Gasteiger partial charge in [0.25, 0.3) is 11.8 Å². The summed E-state index contributed by atoms with van der Waals surface area (Å²) in [6.45, 7) is -1.65. The zero-order valence-electron chi connectivity index (χ0n) is 14.4. The van der Waals surface area contributed by atoms with Crippen LogP contribution in [-0.4, -0.2) is 29.3 Å². The number of amides is 1. The van der Waals surface area contributed by atoms with E-state index in [9.17, 15) is 22.4 Å². The highest BCUT2D eigenvalue weighted by atomic mass is 79.9. The van der Waals surface area contributed by atoms with Crippen molar-refractivity contribution < 1.29 is 22.4 Å². The Bertz CT molecular complexity index is 936. The molecule has 5 nitrogen and oxygen atoms in total. The van der Waals surface area contributed by atoms with Crippen molar-refractivity contribution in [3.63, 3.8) is 0 Å². The Kier molecular flexibility index (Phi) is 5.42. The van der Waals surface area contributed by atoms with Crippen LogP contribution in [0.25, 0.3) is 0 Å². The lowest BCUT2D eigenvalue weighted by Crippen LogP contribution is -2.51. The van der Waals surface area contributed by atoms with E-state index in [0.717, 1.165) is 12.1 Å². The molecule has 1 aromatic heterocycles. The van der Waals surface area contributed by atoms with E-state index in [1.54, 1.807) is 6.07 Å². The SMILES string of the molecule is NC1=NC(CF)(c2cc(NC(=O)c3ccc(Br)cn3)ccc2F)C(F)(F)CC1. The standard InChI is InChI=1S/C18H15BrF4N4O/c19-10-1-4-14(25-8-10)16(28)26-11-2-3-13(21)12(7-11)17(9-20)18(22,23)6-5-15(24)27-17/h1-4,7-8H,5-6,9H2,(H2,24,27)(H,26,28). The summed E-state index contributed by atoms with van der Waals surface area (Å²) in [6, 6.07) is 6.02. The van der Waals surface area contributed by atoms with Crippen LogP contribution in [0.4, 0.5) is 23.2 Å². The number of carbonyl (C=O) groups is 1. The maximum Gasteiger partial charge on any atom is 0.280 e. The molecule has 10 heteroatoms. The summed E-state index contributed by atoms with van der Waals surface area (Å²) in [5.74, 6) is -5.55. The lowest BCUT2D eigenvalue weighted by atomic mass is 9.80. The van der Waals surface area contributed by atoms with Gasteiger partial charge in [0.1, 0.15) is 18.2 Å². The Morgan fingerprint density at radius 2 is 2.04 bits per heavy atom. The summed E-state index contributed by atoms with van der Waals surface area (Å²) in [7, 11) is 0. The molecule has 2 heterocycles. The fourth-order valence-electron chi connectivity index (χ4n) is 2.96. The number of aliphatic imine (C=N–C) groups is 1. The number of benzene rings is 1. The first-order valence-corrected chi connectivity index (χ1v) is 8.99. The number of alkyl halides is 3. The number of amidine groups is 1. The predicted octanol–water partition coefficient (Wildman–Crippen LogP) is 4.19. The summed E-state index contributed by atoms with van der Waals surface area (Å²) in [5.41, 5.74) is 2.14. The third kappa shape index (κ3) is 3.60. The third-order valence-electron chi connectivity index (χ3n) is 4.46. The topological polar surface area (TPSA) is 80.4 Å². The number of nitrogens with two attached hydrogens (primary N) is 1. The molecule has 28 heavy (non-hydrogen) atoms. The number of aromatic nitrogens is 1. The summed E-state index contributed by atoms with van der Waals surface area (Å²) in [5, 5.41) is 2.43. The minimum Gasteiger partial charge on any atom is -0.387 e. The number of halogens is 5. The minimum absolute atomic E-state index is 0.00547. The highest BCUT2D eigenvalue weighted by Gasteiger charge is 2.58.